The predicted octanol–water partition coefficient (Wildman–Crippen LogP) is 2.08. The Morgan fingerprint density at radius 3 is 3.10 bits per heavy atom. The average molecular weight is 304 g/mol. The minimum atomic E-state index is -0.707. The van der Waals surface area contributed by atoms with Crippen LogP contribution in [0.5, 0.6) is 0 Å². The number of para-hydroxylation sites is 1. The fourth-order valence-electron chi connectivity index (χ4n) is 2.67. The van der Waals surface area contributed by atoms with Crippen LogP contribution in [0.2, 0.25) is 0 Å². The van der Waals surface area contributed by atoms with E-state index >= 15 is 0 Å². The van der Waals surface area contributed by atoms with Crippen LogP contribution < -0.4 is 5.32 Å². The first-order valence-corrected chi connectivity index (χ1v) is 8.44. The van der Waals surface area contributed by atoms with Crippen molar-refractivity contribution in [2.75, 3.05) is 18.1 Å². The van der Waals surface area contributed by atoms with Crippen LogP contribution in [0.4, 0.5) is 0 Å². The number of rotatable bonds is 5. The predicted molar refractivity (Wildman–Crippen MR) is 86.5 cm³/mol. The molecule has 1 aliphatic heterocycles. The van der Waals surface area contributed by atoms with E-state index in [1.165, 1.54) is 5.39 Å². The van der Waals surface area contributed by atoms with Crippen LogP contribution in [0.1, 0.15) is 18.4 Å². The number of carbonyl (C=O) groups is 1. The van der Waals surface area contributed by atoms with Crippen LogP contribution >= 0.6 is 11.8 Å². The van der Waals surface area contributed by atoms with Gasteiger partial charge in [0.1, 0.15) is 0 Å². The molecule has 1 saturated heterocycles. The van der Waals surface area contributed by atoms with Gasteiger partial charge in [0.05, 0.1) is 5.60 Å². The summed E-state index contributed by atoms with van der Waals surface area (Å²) in [5.41, 5.74) is 1.56. The molecule has 1 amide bonds. The van der Waals surface area contributed by atoms with E-state index in [2.05, 4.69) is 16.4 Å². The van der Waals surface area contributed by atoms with Crippen LogP contribution in [-0.2, 0) is 11.2 Å². The molecule has 0 aliphatic carbocycles. The molecule has 0 spiro atoms. The second-order valence-corrected chi connectivity index (χ2v) is 6.77. The van der Waals surface area contributed by atoms with Crippen molar-refractivity contribution in [2.24, 2.45) is 0 Å². The van der Waals surface area contributed by atoms with E-state index in [0.29, 0.717) is 19.4 Å². The highest BCUT2D eigenvalue weighted by molar-refractivity contribution is 7.99. The van der Waals surface area contributed by atoms with Gasteiger partial charge in [-0.3, -0.25) is 4.79 Å². The highest BCUT2D eigenvalue weighted by Crippen LogP contribution is 2.27. The number of aryl methyl sites for hydroxylation is 1. The Hall–Kier alpha value is -1.46. The Labute approximate surface area is 128 Å². The van der Waals surface area contributed by atoms with E-state index in [9.17, 15) is 9.90 Å². The van der Waals surface area contributed by atoms with Crippen molar-refractivity contribution in [3.05, 3.63) is 36.0 Å². The second-order valence-electron chi connectivity index (χ2n) is 5.66. The SMILES string of the molecule is O=C(CCc1c[nH]c2ccccc12)NCC1(O)CCSC1. The highest BCUT2D eigenvalue weighted by atomic mass is 32.2. The Morgan fingerprint density at radius 1 is 1.43 bits per heavy atom. The molecule has 2 heterocycles. The molecule has 2 aromatic rings. The molecular weight excluding hydrogens is 284 g/mol. The molecule has 4 nitrogen and oxygen atoms in total. The number of aromatic amines is 1. The third-order valence-corrected chi connectivity index (χ3v) is 5.23. The van der Waals surface area contributed by atoms with Crippen molar-refractivity contribution in [1.29, 1.82) is 0 Å². The molecule has 0 radical (unpaired) electrons. The summed E-state index contributed by atoms with van der Waals surface area (Å²) in [6.07, 6.45) is 3.90. The zero-order valence-electron chi connectivity index (χ0n) is 11.9. The number of carbonyl (C=O) groups excluding carboxylic acids is 1. The lowest BCUT2D eigenvalue weighted by Crippen LogP contribution is -2.43. The lowest BCUT2D eigenvalue weighted by molar-refractivity contribution is -0.122. The number of hydrogen-bond donors (Lipinski definition) is 3. The monoisotopic (exact) mass is 304 g/mol. The molecule has 1 fully saturated rings. The maximum absolute atomic E-state index is 11.9. The highest BCUT2D eigenvalue weighted by Gasteiger charge is 2.31. The summed E-state index contributed by atoms with van der Waals surface area (Å²) in [5, 5.41) is 14.2. The number of H-pyrrole nitrogens is 1. The fourth-order valence-corrected chi connectivity index (χ4v) is 3.97. The quantitative estimate of drug-likeness (QED) is 0.792. The van der Waals surface area contributed by atoms with Crippen LogP contribution in [0.15, 0.2) is 30.5 Å². The molecule has 3 rings (SSSR count). The Bertz CT molecular complexity index is 632. The van der Waals surface area contributed by atoms with E-state index in [1.54, 1.807) is 11.8 Å². The number of thioether (sulfide) groups is 1. The van der Waals surface area contributed by atoms with Gasteiger partial charge in [-0.1, -0.05) is 18.2 Å². The Balaban J connectivity index is 1.51. The molecule has 21 heavy (non-hydrogen) atoms. The van der Waals surface area contributed by atoms with Crippen LogP contribution in [0.25, 0.3) is 10.9 Å². The Kier molecular flexibility index (Phi) is 4.22. The first kappa shape index (κ1) is 14.5. The third-order valence-electron chi connectivity index (χ3n) is 3.99. The van der Waals surface area contributed by atoms with Gasteiger partial charge in [-0.25, -0.2) is 0 Å². The topological polar surface area (TPSA) is 65.1 Å². The molecule has 1 atom stereocenters. The minimum Gasteiger partial charge on any atom is -0.387 e. The number of aliphatic hydroxyl groups is 1. The normalized spacial score (nSPS) is 21.8. The molecule has 1 aromatic heterocycles. The zero-order valence-corrected chi connectivity index (χ0v) is 12.7. The first-order chi connectivity index (χ1) is 10.2. The smallest absolute Gasteiger partial charge is 0.220 e. The number of aromatic nitrogens is 1. The molecule has 0 bridgehead atoms. The number of hydrogen-bond acceptors (Lipinski definition) is 3. The molecular formula is C16H20N2O2S. The van der Waals surface area contributed by atoms with Crippen molar-refractivity contribution >= 4 is 28.6 Å². The summed E-state index contributed by atoms with van der Waals surface area (Å²) in [6.45, 7) is 0.368. The standard InChI is InChI=1S/C16H20N2O2S/c19-15(18-10-16(20)7-8-21-11-16)6-5-12-9-17-14-4-2-1-3-13(12)14/h1-4,9,17,20H,5-8,10-11H2,(H,18,19). The average Bonchev–Trinajstić information content (AvgIpc) is 3.10. The largest absolute Gasteiger partial charge is 0.387 e. The molecule has 1 aliphatic rings. The molecule has 5 heteroatoms. The number of nitrogens with one attached hydrogen (secondary N) is 2. The summed E-state index contributed by atoms with van der Waals surface area (Å²) >= 11 is 1.74. The Morgan fingerprint density at radius 2 is 2.29 bits per heavy atom. The van der Waals surface area contributed by atoms with Crippen molar-refractivity contribution < 1.29 is 9.90 Å². The van der Waals surface area contributed by atoms with Gasteiger partial charge in [0.15, 0.2) is 0 Å². The summed E-state index contributed by atoms with van der Waals surface area (Å²) in [4.78, 5) is 15.2. The number of fused-ring (bicyclic) bond motifs is 1. The van der Waals surface area contributed by atoms with Gasteiger partial charge in [-0.05, 0) is 30.2 Å². The van der Waals surface area contributed by atoms with E-state index in [-0.39, 0.29) is 5.91 Å². The zero-order chi connectivity index (χ0) is 14.7. The lowest BCUT2D eigenvalue weighted by Gasteiger charge is -2.21. The number of amides is 1. The summed E-state index contributed by atoms with van der Waals surface area (Å²) < 4.78 is 0. The van der Waals surface area contributed by atoms with Gasteiger partial charge in [-0.15, -0.1) is 0 Å². The van der Waals surface area contributed by atoms with Gasteiger partial charge in [0.2, 0.25) is 5.91 Å². The minimum absolute atomic E-state index is 0.00519. The first-order valence-electron chi connectivity index (χ1n) is 7.28. The summed E-state index contributed by atoms with van der Waals surface area (Å²) in [6, 6.07) is 8.10. The molecule has 1 aromatic carbocycles. The van der Waals surface area contributed by atoms with Crippen molar-refractivity contribution in [3.8, 4) is 0 Å². The van der Waals surface area contributed by atoms with Crippen LogP contribution in [0.3, 0.4) is 0 Å². The molecule has 3 N–H and O–H groups in total. The van der Waals surface area contributed by atoms with Crippen molar-refractivity contribution in [3.63, 3.8) is 0 Å². The van der Waals surface area contributed by atoms with E-state index in [0.717, 1.165) is 29.0 Å². The van der Waals surface area contributed by atoms with Crippen molar-refractivity contribution in [1.82, 2.24) is 10.3 Å². The maximum Gasteiger partial charge on any atom is 0.220 e. The van der Waals surface area contributed by atoms with E-state index in [1.807, 2.05) is 24.4 Å². The molecule has 1 unspecified atom stereocenters. The number of benzene rings is 1. The summed E-state index contributed by atoms with van der Waals surface area (Å²) in [5.74, 6) is 1.70. The van der Waals surface area contributed by atoms with Gasteiger partial charge in [0.25, 0.3) is 0 Å². The molecule has 0 saturated carbocycles. The van der Waals surface area contributed by atoms with Crippen LogP contribution in [0, 0.1) is 0 Å². The van der Waals surface area contributed by atoms with Gasteiger partial charge in [0, 0.05) is 35.8 Å². The fraction of sp³-hybridized carbons (Fsp3) is 0.438. The van der Waals surface area contributed by atoms with Gasteiger partial charge in [-0.2, -0.15) is 11.8 Å². The molecule has 112 valence electrons. The van der Waals surface area contributed by atoms with Gasteiger partial charge < -0.3 is 15.4 Å². The van der Waals surface area contributed by atoms with E-state index in [4.69, 9.17) is 0 Å². The maximum atomic E-state index is 11.9. The van der Waals surface area contributed by atoms with Crippen molar-refractivity contribution in [2.45, 2.75) is 24.9 Å². The van der Waals surface area contributed by atoms with Crippen LogP contribution in [-0.4, -0.2) is 39.6 Å². The summed E-state index contributed by atoms with van der Waals surface area (Å²) in [7, 11) is 0. The van der Waals surface area contributed by atoms with E-state index < -0.39 is 5.60 Å². The second kappa shape index (κ2) is 6.12. The van der Waals surface area contributed by atoms with Gasteiger partial charge >= 0.3 is 0 Å². The third kappa shape index (κ3) is 3.41. The lowest BCUT2D eigenvalue weighted by atomic mass is 10.0.